The molecular weight excluding hydrogens is 198 g/mol. The molecule has 1 aromatic carbocycles. The number of ether oxygens (including phenoxy) is 2. The molecule has 1 aromatic rings. The van der Waals surface area contributed by atoms with Crippen LogP contribution in [-0.2, 0) is 4.74 Å². The van der Waals surface area contributed by atoms with Gasteiger partial charge in [-0.1, -0.05) is 17.2 Å². The molecule has 6 heteroatoms. The molecule has 0 aromatic heterocycles. The number of benzene rings is 1. The highest BCUT2D eigenvalue weighted by molar-refractivity contribution is 5.97. The van der Waals surface area contributed by atoms with E-state index >= 15 is 0 Å². The molecule has 0 amide bonds. The molecule has 0 atom stereocenters. The second-order valence-corrected chi connectivity index (χ2v) is 2.54. The minimum Gasteiger partial charge on any atom is -0.496 e. The Balaban J connectivity index is 3.39. The van der Waals surface area contributed by atoms with E-state index in [0.29, 0.717) is 5.75 Å². The van der Waals surface area contributed by atoms with Gasteiger partial charge in [-0.15, -0.1) is 0 Å². The summed E-state index contributed by atoms with van der Waals surface area (Å²) in [5.41, 5.74) is 8.64. The van der Waals surface area contributed by atoms with Crippen molar-refractivity contribution in [3.05, 3.63) is 34.2 Å². The van der Waals surface area contributed by atoms with Gasteiger partial charge in [-0.2, -0.15) is 0 Å². The predicted octanol–water partition coefficient (Wildman–Crippen LogP) is 2.42. The predicted molar refractivity (Wildman–Crippen MR) is 53.1 cm³/mol. The maximum absolute atomic E-state index is 11.4. The van der Waals surface area contributed by atoms with E-state index in [2.05, 4.69) is 14.8 Å². The Kier molecular flexibility index (Phi) is 3.54. The Morgan fingerprint density at radius 3 is 2.73 bits per heavy atom. The minimum absolute atomic E-state index is 0.125. The second-order valence-electron chi connectivity index (χ2n) is 2.54. The molecule has 0 spiro atoms. The van der Waals surface area contributed by atoms with Gasteiger partial charge in [0, 0.05) is 4.91 Å². The number of carbonyl (C=O) groups excluding carboxylic acids is 1. The molecule has 15 heavy (non-hydrogen) atoms. The topological polar surface area (TPSA) is 84.3 Å². The lowest BCUT2D eigenvalue weighted by atomic mass is 10.1. The van der Waals surface area contributed by atoms with Gasteiger partial charge in [-0.25, -0.2) is 4.79 Å². The van der Waals surface area contributed by atoms with Gasteiger partial charge < -0.3 is 9.47 Å². The van der Waals surface area contributed by atoms with Crippen LogP contribution in [-0.4, -0.2) is 20.2 Å². The Morgan fingerprint density at radius 2 is 2.20 bits per heavy atom. The first-order valence-electron chi connectivity index (χ1n) is 4.05. The lowest BCUT2D eigenvalue weighted by Gasteiger charge is -2.08. The van der Waals surface area contributed by atoms with E-state index in [-0.39, 0.29) is 11.3 Å². The smallest absolute Gasteiger partial charge is 0.342 e. The van der Waals surface area contributed by atoms with E-state index in [1.54, 1.807) is 12.1 Å². The fraction of sp³-hybridized carbons (Fsp3) is 0.222. The number of esters is 1. The van der Waals surface area contributed by atoms with Crippen LogP contribution < -0.4 is 4.74 Å². The van der Waals surface area contributed by atoms with E-state index < -0.39 is 5.97 Å². The maximum atomic E-state index is 11.4. The van der Waals surface area contributed by atoms with Crippen LogP contribution in [0.2, 0.25) is 0 Å². The number of carbonyl (C=O) groups is 1. The van der Waals surface area contributed by atoms with Gasteiger partial charge in [0.1, 0.15) is 11.3 Å². The quantitative estimate of drug-likeness (QED) is 0.330. The van der Waals surface area contributed by atoms with Gasteiger partial charge >= 0.3 is 5.97 Å². The normalized spacial score (nSPS) is 8.93. The van der Waals surface area contributed by atoms with Gasteiger partial charge in [0.05, 0.1) is 19.9 Å². The zero-order valence-corrected chi connectivity index (χ0v) is 8.30. The van der Waals surface area contributed by atoms with Crippen LogP contribution >= 0.6 is 0 Å². The lowest BCUT2D eigenvalue weighted by Crippen LogP contribution is -2.04. The molecule has 0 saturated heterocycles. The van der Waals surface area contributed by atoms with E-state index in [9.17, 15) is 4.79 Å². The summed E-state index contributed by atoms with van der Waals surface area (Å²) >= 11 is 0. The average molecular weight is 207 g/mol. The van der Waals surface area contributed by atoms with Crippen molar-refractivity contribution in [2.75, 3.05) is 14.2 Å². The van der Waals surface area contributed by atoms with Crippen LogP contribution in [0, 0.1) is 0 Å². The van der Waals surface area contributed by atoms with Crippen LogP contribution in [0.5, 0.6) is 5.75 Å². The number of rotatable bonds is 3. The second kappa shape index (κ2) is 4.88. The Bertz CT molecular complexity index is 425. The molecule has 0 aliphatic carbocycles. The standard InChI is InChI=1S/C9H9N3O3/c1-14-7-5-3-4-6(11-12-10)8(7)9(13)15-2/h3-5H,1-2H3. The molecular formula is C9H9N3O3. The van der Waals surface area contributed by atoms with Gasteiger partial charge in [0.15, 0.2) is 0 Å². The average Bonchev–Trinajstić information content (AvgIpc) is 2.28. The summed E-state index contributed by atoms with van der Waals surface area (Å²) in [6.07, 6.45) is 0. The first-order chi connectivity index (χ1) is 7.24. The summed E-state index contributed by atoms with van der Waals surface area (Å²) in [4.78, 5) is 14.0. The van der Waals surface area contributed by atoms with Crippen LogP contribution in [0.3, 0.4) is 0 Å². The van der Waals surface area contributed by atoms with Gasteiger partial charge in [0.25, 0.3) is 0 Å². The molecule has 1 rings (SSSR count). The van der Waals surface area contributed by atoms with Crippen LogP contribution in [0.4, 0.5) is 5.69 Å². The van der Waals surface area contributed by atoms with Gasteiger partial charge in [-0.3, -0.25) is 0 Å². The summed E-state index contributed by atoms with van der Waals surface area (Å²) in [6.45, 7) is 0. The molecule has 78 valence electrons. The zero-order chi connectivity index (χ0) is 11.3. The van der Waals surface area contributed by atoms with Crippen molar-refractivity contribution in [1.29, 1.82) is 0 Å². The fourth-order valence-corrected chi connectivity index (χ4v) is 1.13. The third-order valence-corrected chi connectivity index (χ3v) is 1.77. The zero-order valence-electron chi connectivity index (χ0n) is 8.30. The fourth-order valence-electron chi connectivity index (χ4n) is 1.13. The van der Waals surface area contributed by atoms with E-state index in [1.165, 1.54) is 20.3 Å². The van der Waals surface area contributed by atoms with Crippen LogP contribution in [0.25, 0.3) is 10.4 Å². The van der Waals surface area contributed by atoms with Crippen LogP contribution in [0.15, 0.2) is 23.3 Å². The molecule has 0 aliphatic heterocycles. The van der Waals surface area contributed by atoms with Crippen molar-refractivity contribution < 1.29 is 14.3 Å². The number of hydrogen-bond acceptors (Lipinski definition) is 4. The first-order valence-corrected chi connectivity index (χ1v) is 4.05. The first kappa shape index (κ1) is 10.9. The van der Waals surface area contributed by atoms with E-state index in [4.69, 9.17) is 10.3 Å². The molecule has 0 N–H and O–H groups in total. The highest BCUT2D eigenvalue weighted by Gasteiger charge is 2.16. The van der Waals surface area contributed by atoms with Gasteiger partial charge in [-0.05, 0) is 11.6 Å². The lowest BCUT2D eigenvalue weighted by molar-refractivity contribution is 0.0598. The molecule has 0 aliphatic rings. The maximum Gasteiger partial charge on any atom is 0.342 e. The largest absolute Gasteiger partial charge is 0.496 e. The highest BCUT2D eigenvalue weighted by Crippen LogP contribution is 2.29. The molecule has 0 fully saturated rings. The highest BCUT2D eigenvalue weighted by atomic mass is 16.5. The molecule has 0 heterocycles. The Hall–Kier alpha value is -2.20. The van der Waals surface area contributed by atoms with Crippen molar-refractivity contribution in [1.82, 2.24) is 0 Å². The third kappa shape index (κ3) is 2.18. The SMILES string of the molecule is COC(=O)c1c(N=[N+]=[N-])cccc1OC. The van der Waals surface area contributed by atoms with Crippen molar-refractivity contribution in [2.45, 2.75) is 0 Å². The molecule has 0 unspecified atom stereocenters. The van der Waals surface area contributed by atoms with Crippen LogP contribution in [0.1, 0.15) is 10.4 Å². The Morgan fingerprint density at radius 1 is 1.47 bits per heavy atom. The summed E-state index contributed by atoms with van der Waals surface area (Å²) < 4.78 is 9.53. The number of hydrogen-bond donors (Lipinski definition) is 0. The molecule has 6 nitrogen and oxygen atoms in total. The minimum atomic E-state index is -0.602. The molecule has 0 saturated carbocycles. The monoisotopic (exact) mass is 207 g/mol. The molecule has 0 bridgehead atoms. The summed E-state index contributed by atoms with van der Waals surface area (Å²) in [5, 5.41) is 3.38. The Labute approximate surface area is 86.0 Å². The number of azide groups is 1. The summed E-state index contributed by atoms with van der Waals surface area (Å²) in [7, 11) is 2.66. The number of nitrogens with zero attached hydrogens (tertiary/aromatic N) is 3. The van der Waals surface area contributed by atoms with Crippen molar-refractivity contribution in [3.8, 4) is 5.75 Å². The van der Waals surface area contributed by atoms with Crippen molar-refractivity contribution in [3.63, 3.8) is 0 Å². The third-order valence-electron chi connectivity index (χ3n) is 1.77. The summed E-state index contributed by atoms with van der Waals surface area (Å²) in [6, 6.07) is 4.71. The van der Waals surface area contributed by atoms with Crippen molar-refractivity contribution in [2.24, 2.45) is 5.11 Å². The summed E-state index contributed by atoms with van der Waals surface area (Å²) in [5.74, 6) is -0.290. The molecule has 0 radical (unpaired) electrons. The van der Waals surface area contributed by atoms with E-state index in [0.717, 1.165) is 0 Å². The number of methoxy groups -OCH3 is 2. The van der Waals surface area contributed by atoms with Crippen molar-refractivity contribution >= 4 is 11.7 Å². The van der Waals surface area contributed by atoms with Gasteiger partial charge in [0.2, 0.25) is 0 Å². The van der Waals surface area contributed by atoms with E-state index in [1.807, 2.05) is 0 Å².